The van der Waals surface area contributed by atoms with Crippen LogP contribution in [0.15, 0.2) is 34.9 Å². The molecule has 1 amide bonds. The number of carbonyl (C=O) groups excluding carboxylic acids is 1. The third-order valence-corrected chi connectivity index (χ3v) is 7.04. The predicted molar refractivity (Wildman–Crippen MR) is 126 cm³/mol. The van der Waals surface area contributed by atoms with Crippen LogP contribution in [0, 0.1) is 5.41 Å². The van der Waals surface area contributed by atoms with E-state index in [4.69, 9.17) is 15.6 Å². The van der Waals surface area contributed by atoms with Crippen molar-refractivity contribution in [3.8, 4) is 0 Å². The van der Waals surface area contributed by atoms with Crippen LogP contribution in [0.3, 0.4) is 0 Å². The van der Waals surface area contributed by atoms with Gasteiger partial charge in [0, 0.05) is 24.3 Å². The number of nitrogen functional groups attached to an aromatic ring is 1. The van der Waals surface area contributed by atoms with Crippen LogP contribution in [0.2, 0.25) is 0 Å². The summed E-state index contributed by atoms with van der Waals surface area (Å²) in [7, 11) is 0. The number of benzene rings is 1. The van der Waals surface area contributed by atoms with Gasteiger partial charge in [0.05, 0.1) is 6.20 Å². The fourth-order valence-electron chi connectivity index (χ4n) is 5.24. The van der Waals surface area contributed by atoms with Crippen molar-refractivity contribution in [2.24, 2.45) is 5.73 Å². The number of likely N-dealkylation sites (tertiary alicyclic amines) is 1. The number of anilines is 1. The molecule has 2 aliphatic heterocycles. The summed E-state index contributed by atoms with van der Waals surface area (Å²) in [5.74, 6) is -0.0740. The van der Waals surface area contributed by atoms with Gasteiger partial charge in [0.25, 0.3) is 5.89 Å². The molecule has 0 saturated carbocycles. The van der Waals surface area contributed by atoms with Gasteiger partial charge < -0.3 is 15.1 Å². The average Bonchev–Trinajstić information content (AvgIpc) is 3.27. The molecular weight excluding hydrogens is 402 g/mol. The van der Waals surface area contributed by atoms with Gasteiger partial charge in [0.2, 0.25) is 5.91 Å². The lowest BCUT2D eigenvalue weighted by molar-refractivity contribution is -0.120. The number of hydrogen-bond acceptors (Lipinski definition) is 5. The van der Waals surface area contributed by atoms with Crippen LogP contribution in [0.5, 0.6) is 0 Å². The summed E-state index contributed by atoms with van der Waals surface area (Å²) < 4.78 is 5.63. The first-order valence-corrected chi connectivity index (χ1v) is 11.9. The molecule has 1 fully saturated rings. The number of piperidine rings is 1. The summed E-state index contributed by atoms with van der Waals surface area (Å²) in [5, 5.41) is 7.52. The number of nitrogens with zero attached hydrogens (tertiary/aromatic N) is 3. The monoisotopic (exact) mass is 437 g/mol. The molecule has 3 atom stereocenters. The van der Waals surface area contributed by atoms with E-state index in [0.29, 0.717) is 30.8 Å². The first-order chi connectivity index (χ1) is 15.5. The highest BCUT2D eigenvalue weighted by Crippen LogP contribution is 2.36. The van der Waals surface area contributed by atoms with Gasteiger partial charge in [0.15, 0.2) is 5.84 Å². The molecule has 172 valence electrons. The molecule has 0 radical (unpaired) electrons. The molecule has 1 aromatic heterocycles. The fourth-order valence-corrected chi connectivity index (χ4v) is 5.24. The molecule has 7 nitrogen and oxygen atoms in total. The molecular formula is C25H35N5O2. The number of amides is 1. The standard InChI is InChI=1S/C25H35N5O2/c1-17-9-8-10-18(2)29(17)13-6-3-7-14-30-21-12-5-4-11-19(21)15-20(25(30)31)22-16-28-24(32-22)23(26)27/h4-5,11-12,16-18,20H,3,6-10,13-15H2,1-2H3,(H3,26,27)/t17-,18+,20?. The smallest absolute Gasteiger partial charge is 0.261 e. The van der Waals surface area contributed by atoms with Crippen LogP contribution in [-0.4, -0.2) is 46.8 Å². The average molecular weight is 438 g/mol. The van der Waals surface area contributed by atoms with Gasteiger partial charge >= 0.3 is 0 Å². The number of nitrogens with two attached hydrogens (primary N) is 1. The zero-order valence-corrected chi connectivity index (χ0v) is 19.2. The van der Waals surface area contributed by atoms with Crippen molar-refractivity contribution in [3.63, 3.8) is 0 Å². The number of oxazole rings is 1. The van der Waals surface area contributed by atoms with E-state index in [9.17, 15) is 4.79 Å². The number of para-hydroxylation sites is 1. The Morgan fingerprint density at radius 1 is 1.16 bits per heavy atom. The SMILES string of the molecule is C[C@@H]1CCC[C@H](C)N1CCCCCN1C(=O)C(c2cnc(C(=N)N)o2)Cc2ccccc21. The first kappa shape index (κ1) is 22.5. The van der Waals surface area contributed by atoms with E-state index in [0.717, 1.165) is 37.1 Å². The highest BCUT2D eigenvalue weighted by Gasteiger charge is 2.35. The van der Waals surface area contributed by atoms with Crippen LogP contribution < -0.4 is 10.6 Å². The summed E-state index contributed by atoms with van der Waals surface area (Å²) in [6, 6.07) is 9.45. The number of rotatable bonds is 8. The molecule has 1 aromatic carbocycles. The summed E-state index contributed by atoms with van der Waals surface area (Å²) >= 11 is 0. The third kappa shape index (κ3) is 4.72. The van der Waals surface area contributed by atoms with Crippen LogP contribution in [0.4, 0.5) is 5.69 Å². The molecule has 0 bridgehead atoms. The minimum Gasteiger partial charge on any atom is -0.438 e. The van der Waals surface area contributed by atoms with Crippen molar-refractivity contribution in [2.45, 2.75) is 76.8 Å². The van der Waals surface area contributed by atoms with Gasteiger partial charge in [-0.1, -0.05) is 31.0 Å². The van der Waals surface area contributed by atoms with Crippen molar-refractivity contribution in [2.75, 3.05) is 18.0 Å². The van der Waals surface area contributed by atoms with Gasteiger partial charge in [-0.3, -0.25) is 15.1 Å². The maximum absolute atomic E-state index is 13.4. The maximum Gasteiger partial charge on any atom is 0.261 e. The molecule has 3 N–H and O–H groups in total. The zero-order chi connectivity index (χ0) is 22.7. The molecule has 2 aliphatic rings. The lowest BCUT2D eigenvalue weighted by atomic mass is 9.90. The maximum atomic E-state index is 13.4. The minimum absolute atomic E-state index is 0.0354. The second-order valence-corrected chi connectivity index (χ2v) is 9.28. The van der Waals surface area contributed by atoms with E-state index < -0.39 is 5.92 Å². The Kier molecular flexibility index (Phi) is 6.94. The Labute approximate surface area is 190 Å². The van der Waals surface area contributed by atoms with E-state index in [1.165, 1.54) is 25.5 Å². The quantitative estimate of drug-likeness (QED) is 0.368. The van der Waals surface area contributed by atoms with E-state index in [1.807, 2.05) is 23.1 Å². The molecule has 0 aliphatic carbocycles. The van der Waals surface area contributed by atoms with Crippen molar-refractivity contribution in [3.05, 3.63) is 47.7 Å². The first-order valence-electron chi connectivity index (χ1n) is 11.9. The summed E-state index contributed by atoms with van der Waals surface area (Å²) in [4.78, 5) is 22.0. The largest absolute Gasteiger partial charge is 0.438 e. The van der Waals surface area contributed by atoms with Crippen LogP contribution >= 0.6 is 0 Å². The fraction of sp³-hybridized carbons (Fsp3) is 0.560. The van der Waals surface area contributed by atoms with Crippen molar-refractivity contribution < 1.29 is 9.21 Å². The molecule has 32 heavy (non-hydrogen) atoms. The van der Waals surface area contributed by atoms with Crippen LogP contribution in [-0.2, 0) is 11.2 Å². The summed E-state index contributed by atoms with van der Waals surface area (Å²) in [5.41, 5.74) is 7.62. The molecule has 1 saturated heterocycles. The van der Waals surface area contributed by atoms with Gasteiger partial charge in [-0.15, -0.1) is 0 Å². The Hall–Kier alpha value is -2.67. The summed E-state index contributed by atoms with van der Waals surface area (Å²) in [6.07, 6.45) is 9.29. The molecule has 4 rings (SSSR count). The highest BCUT2D eigenvalue weighted by atomic mass is 16.4. The number of aromatic nitrogens is 1. The van der Waals surface area contributed by atoms with Gasteiger partial charge in [-0.25, -0.2) is 4.98 Å². The van der Waals surface area contributed by atoms with Gasteiger partial charge in [-0.05, 0) is 64.1 Å². The number of hydrogen-bond donors (Lipinski definition) is 2. The van der Waals surface area contributed by atoms with E-state index in [-0.39, 0.29) is 17.6 Å². The molecule has 2 aromatic rings. The Bertz CT molecular complexity index is 945. The Balaban J connectivity index is 1.39. The lowest BCUT2D eigenvalue weighted by Gasteiger charge is -2.39. The predicted octanol–water partition coefficient (Wildman–Crippen LogP) is 4.06. The summed E-state index contributed by atoms with van der Waals surface area (Å²) in [6.45, 7) is 6.53. The third-order valence-electron chi connectivity index (χ3n) is 7.04. The second kappa shape index (κ2) is 9.86. The van der Waals surface area contributed by atoms with Crippen molar-refractivity contribution in [1.82, 2.24) is 9.88 Å². The molecule has 1 unspecified atom stereocenters. The van der Waals surface area contributed by atoms with E-state index in [1.54, 1.807) is 0 Å². The zero-order valence-electron chi connectivity index (χ0n) is 19.2. The number of unbranched alkanes of at least 4 members (excludes halogenated alkanes) is 2. The highest BCUT2D eigenvalue weighted by molar-refractivity contribution is 6.01. The van der Waals surface area contributed by atoms with Crippen LogP contribution in [0.1, 0.15) is 75.5 Å². The van der Waals surface area contributed by atoms with Crippen molar-refractivity contribution >= 4 is 17.4 Å². The molecule has 3 heterocycles. The number of carbonyl (C=O) groups is 1. The minimum atomic E-state index is -0.430. The van der Waals surface area contributed by atoms with E-state index in [2.05, 4.69) is 29.8 Å². The number of amidine groups is 1. The van der Waals surface area contributed by atoms with Crippen LogP contribution in [0.25, 0.3) is 0 Å². The van der Waals surface area contributed by atoms with Crippen molar-refractivity contribution in [1.29, 1.82) is 5.41 Å². The Morgan fingerprint density at radius 2 is 1.88 bits per heavy atom. The lowest BCUT2D eigenvalue weighted by Crippen LogP contribution is -2.44. The number of fused-ring (bicyclic) bond motifs is 1. The molecule has 7 heteroatoms. The topological polar surface area (TPSA) is 99.5 Å². The normalized spacial score (nSPS) is 23.9. The molecule has 0 spiro atoms. The number of nitrogens with one attached hydrogen (secondary N) is 1. The van der Waals surface area contributed by atoms with E-state index >= 15 is 0 Å². The van der Waals surface area contributed by atoms with Gasteiger partial charge in [-0.2, -0.15) is 0 Å². The van der Waals surface area contributed by atoms with Gasteiger partial charge in [0.1, 0.15) is 11.7 Å². The Morgan fingerprint density at radius 3 is 2.59 bits per heavy atom. The second-order valence-electron chi connectivity index (χ2n) is 9.28.